The van der Waals surface area contributed by atoms with E-state index in [0.29, 0.717) is 12.1 Å². The maximum Gasteiger partial charge on any atom is 0.253 e. The van der Waals surface area contributed by atoms with Crippen LogP contribution in [-0.2, 0) is 6.54 Å². The van der Waals surface area contributed by atoms with Crippen LogP contribution in [0.4, 0.5) is 17.6 Å². The van der Waals surface area contributed by atoms with Gasteiger partial charge in [0.2, 0.25) is 0 Å². The number of hydrogen-bond donors (Lipinski definition) is 0. The van der Waals surface area contributed by atoms with Crippen LogP contribution >= 0.6 is 0 Å². The molecule has 0 aromatic heterocycles. The van der Waals surface area contributed by atoms with Crippen LogP contribution in [0.2, 0.25) is 0 Å². The largest absolute Gasteiger partial charge is 0.291 e. The van der Waals surface area contributed by atoms with E-state index < -0.39 is 35.9 Å². The van der Waals surface area contributed by atoms with Crippen LogP contribution in [0.5, 0.6) is 0 Å². The molecule has 0 bridgehead atoms. The molecule has 2 aromatic rings. The fourth-order valence-electron chi connectivity index (χ4n) is 3.24. The Kier molecular flexibility index (Phi) is 4.63. The lowest BCUT2D eigenvalue weighted by Gasteiger charge is -2.43. The highest BCUT2D eigenvalue weighted by Gasteiger charge is 2.46. The summed E-state index contributed by atoms with van der Waals surface area (Å²) in [4.78, 5) is 1.92. The van der Waals surface area contributed by atoms with Gasteiger partial charge in [-0.05, 0) is 23.3 Å². The molecule has 0 saturated carbocycles. The molecule has 0 spiro atoms. The van der Waals surface area contributed by atoms with Gasteiger partial charge in [-0.3, -0.25) is 4.90 Å². The van der Waals surface area contributed by atoms with Gasteiger partial charge in [-0.25, -0.2) is 17.6 Å². The molecule has 24 heavy (non-hydrogen) atoms. The molecular weight excluding hydrogens is 318 g/mol. The van der Waals surface area contributed by atoms with Gasteiger partial charge in [-0.15, -0.1) is 0 Å². The molecule has 1 heterocycles. The number of nitrogens with zero attached hydrogens (tertiary/aromatic N) is 1. The highest BCUT2D eigenvalue weighted by atomic mass is 19.3. The predicted octanol–water partition coefficient (Wildman–Crippen LogP) is 5.18. The van der Waals surface area contributed by atoms with E-state index in [1.807, 2.05) is 35.2 Å². The minimum absolute atomic E-state index is 0.200. The predicted molar refractivity (Wildman–Crippen MR) is 84.7 cm³/mol. The van der Waals surface area contributed by atoms with Crippen molar-refractivity contribution in [3.8, 4) is 0 Å². The van der Waals surface area contributed by atoms with Crippen LogP contribution < -0.4 is 0 Å². The molecule has 2 atom stereocenters. The van der Waals surface area contributed by atoms with Crippen molar-refractivity contribution in [3.05, 3.63) is 71.3 Å². The van der Waals surface area contributed by atoms with Crippen molar-refractivity contribution in [2.45, 2.75) is 31.9 Å². The third kappa shape index (κ3) is 3.46. The molecule has 0 amide bonds. The lowest BCUT2D eigenvalue weighted by atomic mass is 9.86. The summed E-state index contributed by atoms with van der Waals surface area (Å²) in [6.07, 6.45) is -0.397. The van der Waals surface area contributed by atoms with E-state index in [4.69, 9.17) is 0 Å². The number of alkyl halides is 2. The maximum absolute atomic E-state index is 14.2. The van der Waals surface area contributed by atoms with Crippen molar-refractivity contribution < 1.29 is 17.6 Å². The molecule has 1 aliphatic heterocycles. The van der Waals surface area contributed by atoms with Crippen LogP contribution in [0.25, 0.3) is 0 Å². The Labute approximate surface area is 138 Å². The second-order valence-corrected chi connectivity index (χ2v) is 6.47. The summed E-state index contributed by atoms with van der Waals surface area (Å²) < 4.78 is 55.2. The second kappa shape index (κ2) is 6.55. The zero-order chi connectivity index (χ0) is 17.3. The third-order valence-electron chi connectivity index (χ3n) is 4.69. The monoisotopic (exact) mass is 337 g/mol. The molecule has 5 heteroatoms. The Bertz CT molecular complexity index is 702. The first kappa shape index (κ1) is 17.0. The van der Waals surface area contributed by atoms with Gasteiger partial charge in [-0.1, -0.05) is 43.3 Å². The van der Waals surface area contributed by atoms with Gasteiger partial charge in [0.05, 0.1) is 0 Å². The first-order valence-corrected chi connectivity index (χ1v) is 7.97. The molecule has 3 rings (SSSR count). The van der Waals surface area contributed by atoms with Crippen molar-refractivity contribution in [2.75, 3.05) is 6.54 Å². The highest BCUT2D eigenvalue weighted by molar-refractivity contribution is 5.24. The molecule has 0 N–H and O–H groups in total. The summed E-state index contributed by atoms with van der Waals surface area (Å²) >= 11 is 0. The quantitative estimate of drug-likeness (QED) is 0.697. The molecule has 0 aliphatic carbocycles. The molecule has 0 unspecified atom stereocenters. The molecule has 1 saturated heterocycles. The van der Waals surface area contributed by atoms with E-state index in [1.54, 1.807) is 0 Å². The van der Waals surface area contributed by atoms with Crippen molar-refractivity contribution in [1.82, 2.24) is 4.90 Å². The smallest absolute Gasteiger partial charge is 0.253 e. The first-order valence-electron chi connectivity index (χ1n) is 7.97. The van der Waals surface area contributed by atoms with Gasteiger partial charge in [0.25, 0.3) is 5.92 Å². The minimum Gasteiger partial charge on any atom is -0.291 e. The molecular formula is C19H19F4N. The normalized spacial score (nSPS) is 24.0. The standard InChI is InChI=1S/C19H19F4N/c1-13-11-24(12-14-5-3-2-4-6-14)18(10-19(13,22)23)15-7-8-16(20)17(21)9-15/h2-9,13,18H,10-12H2,1H3/t13-,18-/m0/s1. The van der Waals surface area contributed by atoms with Crippen LogP contribution in [0, 0.1) is 17.6 Å². The Balaban J connectivity index is 1.92. The average molecular weight is 337 g/mol. The van der Waals surface area contributed by atoms with Gasteiger partial charge in [-0.2, -0.15) is 0 Å². The topological polar surface area (TPSA) is 3.24 Å². The zero-order valence-electron chi connectivity index (χ0n) is 13.4. The number of benzene rings is 2. The fraction of sp³-hybridized carbons (Fsp3) is 0.368. The summed E-state index contributed by atoms with van der Waals surface area (Å²) in [7, 11) is 0. The van der Waals surface area contributed by atoms with Gasteiger partial charge in [0.1, 0.15) is 0 Å². The Morgan fingerprint density at radius 2 is 1.75 bits per heavy atom. The molecule has 1 fully saturated rings. The minimum atomic E-state index is -2.83. The first-order chi connectivity index (χ1) is 11.4. The van der Waals surface area contributed by atoms with E-state index in [1.165, 1.54) is 13.0 Å². The maximum atomic E-state index is 14.2. The molecule has 1 aliphatic rings. The third-order valence-corrected chi connectivity index (χ3v) is 4.69. The Morgan fingerprint density at radius 1 is 1.04 bits per heavy atom. The number of hydrogen-bond acceptors (Lipinski definition) is 1. The van der Waals surface area contributed by atoms with Crippen LogP contribution in [0.3, 0.4) is 0 Å². The number of halogens is 4. The van der Waals surface area contributed by atoms with E-state index >= 15 is 0 Å². The Morgan fingerprint density at radius 3 is 2.42 bits per heavy atom. The van der Waals surface area contributed by atoms with Gasteiger partial charge in [0.15, 0.2) is 11.6 Å². The fourth-order valence-corrected chi connectivity index (χ4v) is 3.24. The van der Waals surface area contributed by atoms with E-state index in [-0.39, 0.29) is 6.54 Å². The van der Waals surface area contributed by atoms with Gasteiger partial charge < -0.3 is 0 Å². The van der Waals surface area contributed by atoms with Crippen molar-refractivity contribution in [3.63, 3.8) is 0 Å². The average Bonchev–Trinajstić information content (AvgIpc) is 2.54. The van der Waals surface area contributed by atoms with Crippen molar-refractivity contribution >= 4 is 0 Å². The summed E-state index contributed by atoms with van der Waals surface area (Å²) in [6, 6.07) is 12.3. The van der Waals surface area contributed by atoms with E-state index in [0.717, 1.165) is 17.7 Å². The number of rotatable bonds is 3. The van der Waals surface area contributed by atoms with Crippen LogP contribution in [-0.4, -0.2) is 17.4 Å². The second-order valence-electron chi connectivity index (χ2n) is 6.47. The summed E-state index contributed by atoms with van der Waals surface area (Å²) in [5.74, 6) is -5.59. The lowest BCUT2D eigenvalue weighted by Crippen LogP contribution is -2.47. The zero-order valence-corrected chi connectivity index (χ0v) is 13.4. The van der Waals surface area contributed by atoms with E-state index in [9.17, 15) is 17.6 Å². The summed E-state index contributed by atoms with van der Waals surface area (Å²) in [5, 5.41) is 0. The van der Waals surface area contributed by atoms with E-state index in [2.05, 4.69) is 0 Å². The molecule has 2 aromatic carbocycles. The SMILES string of the molecule is C[C@H]1CN(Cc2ccccc2)[C@H](c2ccc(F)c(F)c2)CC1(F)F. The number of likely N-dealkylation sites (tertiary alicyclic amines) is 1. The lowest BCUT2D eigenvalue weighted by molar-refractivity contribution is -0.123. The van der Waals surface area contributed by atoms with Gasteiger partial charge >= 0.3 is 0 Å². The molecule has 0 radical (unpaired) electrons. The van der Waals surface area contributed by atoms with Crippen molar-refractivity contribution in [1.29, 1.82) is 0 Å². The van der Waals surface area contributed by atoms with Gasteiger partial charge in [0, 0.05) is 31.5 Å². The summed E-state index contributed by atoms with van der Waals surface area (Å²) in [5.41, 5.74) is 1.39. The van der Waals surface area contributed by atoms with Crippen LogP contribution in [0.15, 0.2) is 48.5 Å². The summed E-state index contributed by atoms with van der Waals surface area (Å²) in [6.45, 7) is 2.22. The Hall–Kier alpha value is -1.88. The molecule has 1 nitrogen and oxygen atoms in total. The van der Waals surface area contributed by atoms with Crippen molar-refractivity contribution in [2.24, 2.45) is 5.92 Å². The highest BCUT2D eigenvalue weighted by Crippen LogP contribution is 2.43. The molecule has 128 valence electrons. The van der Waals surface area contributed by atoms with Crippen LogP contribution in [0.1, 0.15) is 30.5 Å². The number of piperidine rings is 1.